The number of carbonyl (C=O) groups is 3. The summed E-state index contributed by atoms with van der Waals surface area (Å²) in [5.74, 6) is 0.0341. The molecular formula is C21H30N2O4. The van der Waals surface area contributed by atoms with E-state index < -0.39 is 0 Å². The molecular weight excluding hydrogens is 344 g/mol. The zero-order valence-corrected chi connectivity index (χ0v) is 16.4. The molecule has 0 saturated carbocycles. The molecule has 27 heavy (non-hydrogen) atoms. The monoisotopic (exact) mass is 374 g/mol. The van der Waals surface area contributed by atoms with Gasteiger partial charge in [-0.15, -0.1) is 0 Å². The van der Waals surface area contributed by atoms with Gasteiger partial charge in [0.05, 0.1) is 12.7 Å². The van der Waals surface area contributed by atoms with Crippen molar-refractivity contribution in [2.75, 3.05) is 26.7 Å². The highest BCUT2D eigenvalue weighted by Crippen LogP contribution is 2.15. The second-order valence-electron chi connectivity index (χ2n) is 6.90. The molecule has 0 aromatic heterocycles. The van der Waals surface area contributed by atoms with Gasteiger partial charge in [0.25, 0.3) is 0 Å². The normalized spacial score (nSPS) is 14.6. The van der Waals surface area contributed by atoms with Crippen molar-refractivity contribution in [3.63, 3.8) is 0 Å². The van der Waals surface area contributed by atoms with Gasteiger partial charge in [-0.2, -0.15) is 0 Å². The Morgan fingerprint density at radius 2 is 1.81 bits per heavy atom. The van der Waals surface area contributed by atoms with Gasteiger partial charge in [0.15, 0.2) is 0 Å². The number of carbonyl (C=O) groups excluding carboxylic acids is 3. The number of hydrogen-bond acceptors (Lipinski definition) is 5. The predicted octanol–water partition coefficient (Wildman–Crippen LogP) is 3.00. The Balaban J connectivity index is 1.81. The zero-order chi connectivity index (χ0) is 19.6. The van der Waals surface area contributed by atoms with Crippen LogP contribution in [0.4, 0.5) is 0 Å². The fourth-order valence-corrected chi connectivity index (χ4v) is 3.24. The van der Waals surface area contributed by atoms with Crippen LogP contribution in [-0.2, 0) is 20.7 Å². The van der Waals surface area contributed by atoms with Crippen LogP contribution in [0, 0.1) is 0 Å². The summed E-state index contributed by atoms with van der Waals surface area (Å²) < 4.78 is 4.70. The Bertz CT molecular complexity index is 642. The van der Waals surface area contributed by atoms with Crippen LogP contribution in [-0.4, -0.2) is 54.4 Å². The van der Waals surface area contributed by atoms with Gasteiger partial charge in [0, 0.05) is 38.9 Å². The molecule has 1 heterocycles. The van der Waals surface area contributed by atoms with Crippen molar-refractivity contribution in [2.45, 2.75) is 51.9 Å². The van der Waals surface area contributed by atoms with E-state index in [4.69, 9.17) is 4.74 Å². The number of Topliss-reactive ketones (excluding diaryl/α,β-unsaturated/α-hetero) is 1. The van der Waals surface area contributed by atoms with E-state index in [1.807, 2.05) is 17.1 Å². The molecule has 0 N–H and O–H groups in total. The first-order valence-corrected chi connectivity index (χ1v) is 9.79. The van der Waals surface area contributed by atoms with E-state index in [0.29, 0.717) is 50.9 Å². The average molecular weight is 374 g/mol. The van der Waals surface area contributed by atoms with E-state index >= 15 is 0 Å². The Morgan fingerprint density at radius 3 is 2.48 bits per heavy atom. The smallest absolute Gasteiger partial charge is 0.337 e. The molecule has 6 heteroatoms. The van der Waals surface area contributed by atoms with Crippen LogP contribution in [0.3, 0.4) is 0 Å². The molecule has 1 saturated heterocycles. The number of ether oxygens (including phenoxy) is 1. The molecule has 0 radical (unpaired) electrons. The third-order valence-electron chi connectivity index (χ3n) is 4.91. The van der Waals surface area contributed by atoms with Crippen molar-refractivity contribution in [3.8, 4) is 0 Å². The van der Waals surface area contributed by atoms with Crippen molar-refractivity contribution < 1.29 is 19.1 Å². The maximum Gasteiger partial charge on any atom is 0.337 e. The summed E-state index contributed by atoms with van der Waals surface area (Å²) in [6, 6.07) is 7.24. The van der Waals surface area contributed by atoms with Crippen molar-refractivity contribution >= 4 is 17.7 Å². The number of methoxy groups -OCH3 is 1. The molecule has 1 amide bonds. The standard InChI is InChI=1S/C21H30N2O4/c1-3-4-5-6-19(24)12-14-22-15-13-20(25)23(22)16-11-17-7-9-18(10-8-17)21(26)27-2/h7-10H,3-6,11-16H2,1-2H3. The van der Waals surface area contributed by atoms with Gasteiger partial charge < -0.3 is 4.74 Å². The van der Waals surface area contributed by atoms with Gasteiger partial charge in [-0.25, -0.2) is 9.80 Å². The van der Waals surface area contributed by atoms with Gasteiger partial charge >= 0.3 is 5.97 Å². The van der Waals surface area contributed by atoms with E-state index in [1.165, 1.54) is 7.11 Å². The minimum Gasteiger partial charge on any atom is -0.465 e. The lowest BCUT2D eigenvalue weighted by molar-refractivity contribution is -0.138. The number of amides is 1. The van der Waals surface area contributed by atoms with E-state index in [2.05, 4.69) is 6.92 Å². The van der Waals surface area contributed by atoms with Crippen LogP contribution in [0.1, 0.15) is 61.4 Å². The summed E-state index contributed by atoms with van der Waals surface area (Å²) in [7, 11) is 1.36. The molecule has 0 atom stereocenters. The first kappa shape index (κ1) is 21.1. The Morgan fingerprint density at radius 1 is 1.07 bits per heavy atom. The lowest BCUT2D eigenvalue weighted by Gasteiger charge is -2.27. The number of esters is 1. The molecule has 148 valence electrons. The topological polar surface area (TPSA) is 66.9 Å². The number of hydrogen-bond donors (Lipinski definition) is 0. The summed E-state index contributed by atoms with van der Waals surface area (Å²) in [4.78, 5) is 35.6. The number of benzene rings is 1. The summed E-state index contributed by atoms with van der Waals surface area (Å²) in [5.41, 5.74) is 1.57. The molecule has 0 aliphatic carbocycles. The predicted molar refractivity (Wildman–Crippen MR) is 103 cm³/mol. The van der Waals surface area contributed by atoms with Gasteiger partial charge in [-0.05, 0) is 30.5 Å². The van der Waals surface area contributed by atoms with E-state index in [0.717, 1.165) is 24.8 Å². The average Bonchev–Trinajstić information content (AvgIpc) is 3.04. The Labute approximate surface area is 161 Å². The lowest BCUT2D eigenvalue weighted by Crippen LogP contribution is -2.41. The first-order chi connectivity index (χ1) is 13.0. The van der Waals surface area contributed by atoms with E-state index in [9.17, 15) is 14.4 Å². The van der Waals surface area contributed by atoms with Crippen molar-refractivity contribution in [2.24, 2.45) is 0 Å². The van der Waals surface area contributed by atoms with E-state index in [-0.39, 0.29) is 17.7 Å². The Kier molecular flexibility index (Phi) is 8.45. The highest BCUT2D eigenvalue weighted by Gasteiger charge is 2.28. The highest BCUT2D eigenvalue weighted by atomic mass is 16.5. The van der Waals surface area contributed by atoms with Crippen molar-refractivity contribution in [3.05, 3.63) is 35.4 Å². The molecule has 1 aliphatic rings. The maximum atomic E-state index is 12.2. The largest absolute Gasteiger partial charge is 0.465 e. The van der Waals surface area contributed by atoms with Crippen LogP contribution < -0.4 is 0 Å². The fourth-order valence-electron chi connectivity index (χ4n) is 3.24. The number of nitrogens with zero attached hydrogens (tertiary/aromatic N) is 2. The third kappa shape index (κ3) is 6.47. The third-order valence-corrected chi connectivity index (χ3v) is 4.91. The second-order valence-corrected chi connectivity index (χ2v) is 6.90. The molecule has 1 aromatic carbocycles. The molecule has 6 nitrogen and oxygen atoms in total. The van der Waals surface area contributed by atoms with Crippen LogP contribution in [0.25, 0.3) is 0 Å². The lowest BCUT2D eigenvalue weighted by atomic mass is 10.1. The molecule has 0 bridgehead atoms. The molecule has 0 spiro atoms. The number of ketones is 1. The van der Waals surface area contributed by atoms with Crippen LogP contribution in [0.15, 0.2) is 24.3 Å². The quantitative estimate of drug-likeness (QED) is 0.440. The zero-order valence-electron chi connectivity index (χ0n) is 16.4. The molecule has 2 rings (SSSR count). The summed E-state index contributed by atoms with van der Waals surface area (Å²) in [5, 5.41) is 3.77. The minimum absolute atomic E-state index is 0.111. The molecule has 1 aliphatic heterocycles. The van der Waals surface area contributed by atoms with Crippen LogP contribution in [0.5, 0.6) is 0 Å². The van der Waals surface area contributed by atoms with Gasteiger partial charge in [-0.1, -0.05) is 31.9 Å². The number of hydrazine groups is 1. The van der Waals surface area contributed by atoms with Gasteiger partial charge in [-0.3, -0.25) is 14.6 Å². The highest BCUT2D eigenvalue weighted by molar-refractivity contribution is 5.89. The molecule has 0 unspecified atom stereocenters. The van der Waals surface area contributed by atoms with E-state index in [1.54, 1.807) is 17.1 Å². The van der Waals surface area contributed by atoms with Crippen LogP contribution >= 0.6 is 0 Å². The van der Waals surface area contributed by atoms with Crippen molar-refractivity contribution in [1.82, 2.24) is 10.0 Å². The van der Waals surface area contributed by atoms with Crippen LogP contribution in [0.2, 0.25) is 0 Å². The van der Waals surface area contributed by atoms with Crippen molar-refractivity contribution in [1.29, 1.82) is 0 Å². The summed E-state index contributed by atoms with van der Waals surface area (Å²) in [6.07, 6.45) is 5.51. The van der Waals surface area contributed by atoms with Gasteiger partial charge in [0.1, 0.15) is 5.78 Å². The fraction of sp³-hybridized carbons (Fsp3) is 0.571. The van der Waals surface area contributed by atoms with Gasteiger partial charge in [0.2, 0.25) is 5.91 Å². The SMILES string of the molecule is CCCCCC(=O)CCN1CCC(=O)N1CCc1ccc(C(=O)OC)cc1. The Hall–Kier alpha value is -2.21. The molecule has 1 aromatic rings. The summed E-state index contributed by atoms with van der Waals surface area (Å²) >= 11 is 0. The number of rotatable bonds is 11. The first-order valence-electron chi connectivity index (χ1n) is 9.79. The summed E-state index contributed by atoms with van der Waals surface area (Å²) in [6.45, 7) is 4.00. The second kappa shape index (κ2) is 10.8. The number of unbranched alkanes of at least 4 members (excludes halogenated alkanes) is 2. The minimum atomic E-state index is -0.356. The maximum absolute atomic E-state index is 12.2. The molecule has 1 fully saturated rings.